The normalized spacial score (nSPS) is 9.92. The van der Waals surface area contributed by atoms with Gasteiger partial charge in [-0.25, -0.2) is 0 Å². The van der Waals surface area contributed by atoms with Crippen LogP contribution in [-0.4, -0.2) is 5.75 Å². The highest BCUT2D eigenvalue weighted by atomic mass is 32.2. The van der Waals surface area contributed by atoms with Crippen molar-refractivity contribution >= 4 is 17.4 Å². The third kappa shape index (κ3) is 2.81. The van der Waals surface area contributed by atoms with E-state index < -0.39 is 0 Å². The van der Waals surface area contributed by atoms with Gasteiger partial charge in [0.25, 0.3) is 0 Å². The first kappa shape index (κ1) is 10.2. The van der Waals surface area contributed by atoms with E-state index in [0.717, 1.165) is 17.9 Å². The smallest absolute Gasteiger partial charge is 0.0354 e. The van der Waals surface area contributed by atoms with E-state index in [2.05, 4.69) is 19.6 Å². The molecule has 1 aromatic carbocycles. The fourth-order valence-corrected chi connectivity index (χ4v) is 2.05. The summed E-state index contributed by atoms with van der Waals surface area (Å²) >= 11 is 1.83. The quantitative estimate of drug-likeness (QED) is 0.344. The van der Waals surface area contributed by atoms with Crippen LogP contribution >= 0.6 is 11.8 Å². The van der Waals surface area contributed by atoms with Gasteiger partial charge in [-0.2, -0.15) is 0 Å². The van der Waals surface area contributed by atoms with Crippen LogP contribution in [0, 0.1) is 6.92 Å². The van der Waals surface area contributed by atoms with E-state index in [9.17, 15) is 0 Å². The third-order valence-corrected chi connectivity index (χ3v) is 3.10. The van der Waals surface area contributed by atoms with Crippen LogP contribution in [-0.2, 0) is 0 Å². The van der Waals surface area contributed by atoms with Crippen molar-refractivity contribution in [3.63, 3.8) is 0 Å². The number of allylic oxidation sites excluding steroid dienone is 1. The molecule has 0 fully saturated rings. The number of hydrogen-bond acceptors (Lipinski definition) is 2. The molecule has 70 valence electrons. The maximum absolute atomic E-state index is 5.79. The van der Waals surface area contributed by atoms with Crippen molar-refractivity contribution in [2.24, 2.45) is 0 Å². The lowest BCUT2D eigenvalue weighted by atomic mass is 10.2. The number of hydrogen-bond donors (Lipinski definition) is 1. The topological polar surface area (TPSA) is 26.0 Å². The predicted octanol–water partition coefficient (Wildman–Crippen LogP) is 3.25. The number of nitrogen functional groups attached to an aromatic ring is 1. The highest BCUT2D eigenvalue weighted by molar-refractivity contribution is 7.99. The van der Waals surface area contributed by atoms with Gasteiger partial charge >= 0.3 is 0 Å². The van der Waals surface area contributed by atoms with Crippen LogP contribution in [0.25, 0.3) is 0 Å². The maximum atomic E-state index is 5.79. The van der Waals surface area contributed by atoms with Crippen molar-refractivity contribution in [1.82, 2.24) is 0 Å². The summed E-state index contributed by atoms with van der Waals surface area (Å²) in [7, 11) is 0. The molecule has 0 aliphatic carbocycles. The molecule has 0 aromatic heterocycles. The second kappa shape index (κ2) is 4.97. The minimum atomic E-state index is 0.878. The average Bonchev–Trinajstić information content (AvgIpc) is 2.13. The monoisotopic (exact) mass is 193 g/mol. The van der Waals surface area contributed by atoms with Crippen LogP contribution < -0.4 is 5.73 Å². The Kier molecular flexibility index (Phi) is 3.90. The highest BCUT2D eigenvalue weighted by Gasteiger charge is 2.00. The fraction of sp³-hybridized carbons (Fsp3) is 0.273. The number of benzene rings is 1. The Hall–Kier alpha value is -0.890. The fourth-order valence-electron chi connectivity index (χ4n) is 1.04. The van der Waals surface area contributed by atoms with Crippen molar-refractivity contribution in [3.05, 3.63) is 36.4 Å². The first-order chi connectivity index (χ1) is 6.25. The minimum Gasteiger partial charge on any atom is -0.398 e. The van der Waals surface area contributed by atoms with E-state index >= 15 is 0 Å². The molecule has 0 radical (unpaired) electrons. The second-order valence-corrected chi connectivity index (χ2v) is 4.03. The zero-order chi connectivity index (χ0) is 9.68. The molecule has 0 saturated carbocycles. The molecule has 0 amide bonds. The standard InChI is InChI=1S/C11H15NS/c1-3-4-8-13-11-7-5-6-10(12)9(11)2/h3,5-7H,1,4,8,12H2,2H3. The summed E-state index contributed by atoms with van der Waals surface area (Å²) in [5.41, 5.74) is 7.86. The Morgan fingerprint density at radius 1 is 1.54 bits per heavy atom. The zero-order valence-electron chi connectivity index (χ0n) is 7.92. The predicted molar refractivity (Wildman–Crippen MR) is 61.1 cm³/mol. The molecule has 2 N–H and O–H groups in total. The Labute approximate surface area is 84.0 Å². The van der Waals surface area contributed by atoms with Crippen LogP contribution in [0.1, 0.15) is 12.0 Å². The molecule has 0 atom stereocenters. The highest BCUT2D eigenvalue weighted by Crippen LogP contribution is 2.26. The zero-order valence-corrected chi connectivity index (χ0v) is 8.73. The van der Waals surface area contributed by atoms with E-state index in [0.29, 0.717) is 0 Å². The van der Waals surface area contributed by atoms with E-state index in [1.807, 2.05) is 30.0 Å². The molecule has 0 bridgehead atoms. The Morgan fingerprint density at radius 2 is 2.31 bits per heavy atom. The molecule has 1 rings (SSSR count). The third-order valence-electron chi connectivity index (χ3n) is 1.91. The summed E-state index contributed by atoms with van der Waals surface area (Å²) in [4.78, 5) is 1.28. The molecule has 1 nitrogen and oxygen atoms in total. The van der Waals surface area contributed by atoms with Gasteiger partial charge in [0.05, 0.1) is 0 Å². The van der Waals surface area contributed by atoms with Gasteiger partial charge < -0.3 is 5.73 Å². The first-order valence-corrected chi connectivity index (χ1v) is 5.33. The van der Waals surface area contributed by atoms with Crippen molar-refractivity contribution in [1.29, 1.82) is 0 Å². The molecule has 0 saturated heterocycles. The van der Waals surface area contributed by atoms with Crippen molar-refractivity contribution in [2.45, 2.75) is 18.2 Å². The van der Waals surface area contributed by atoms with Gasteiger partial charge in [0.1, 0.15) is 0 Å². The van der Waals surface area contributed by atoms with Gasteiger partial charge in [-0.1, -0.05) is 12.1 Å². The van der Waals surface area contributed by atoms with Gasteiger partial charge in [-0.05, 0) is 31.0 Å². The van der Waals surface area contributed by atoms with Crippen LogP contribution in [0.2, 0.25) is 0 Å². The molecule has 2 heteroatoms. The molecule has 1 aromatic rings. The molecule has 0 unspecified atom stereocenters. The first-order valence-electron chi connectivity index (χ1n) is 4.34. The molecule has 0 spiro atoms. The molecule has 13 heavy (non-hydrogen) atoms. The van der Waals surface area contributed by atoms with Crippen molar-refractivity contribution in [2.75, 3.05) is 11.5 Å². The molecular formula is C11H15NS. The SMILES string of the molecule is C=CCCSc1cccc(N)c1C. The Balaban J connectivity index is 2.65. The summed E-state index contributed by atoms with van der Waals surface area (Å²) < 4.78 is 0. The van der Waals surface area contributed by atoms with Crippen LogP contribution in [0.5, 0.6) is 0 Å². The molecular weight excluding hydrogens is 178 g/mol. The number of thioether (sulfide) groups is 1. The number of nitrogens with two attached hydrogens (primary N) is 1. The summed E-state index contributed by atoms with van der Waals surface area (Å²) in [6.07, 6.45) is 2.98. The van der Waals surface area contributed by atoms with Gasteiger partial charge in [0.15, 0.2) is 0 Å². The van der Waals surface area contributed by atoms with E-state index in [-0.39, 0.29) is 0 Å². The number of rotatable bonds is 4. The summed E-state index contributed by atoms with van der Waals surface area (Å²) in [6.45, 7) is 5.75. The van der Waals surface area contributed by atoms with Gasteiger partial charge in [-0.15, -0.1) is 18.3 Å². The van der Waals surface area contributed by atoms with Crippen molar-refractivity contribution < 1.29 is 0 Å². The van der Waals surface area contributed by atoms with Crippen LogP contribution in [0.15, 0.2) is 35.7 Å². The Bertz CT molecular complexity index is 294. The maximum Gasteiger partial charge on any atom is 0.0354 e. The van der Waals surface area contributed by atoms with Gasteiger partial charge in [0.2, 0.25) is 0 Å². The molecule has 0 aliphatic heterocycles. The summed E-state index contributed by atoms with van der Waals surface area (Å²) in [5, 5.41) is 0. The lowest BCUT2D eigenvalue weighted by Gasteiger charge is -2.06. The van der Waals surface area contributed by atoms with E-state index in [1.165, 1.54) is 10.5 Å². The lowest BCUT2D eigenvalue weighted by Crippen LogP contribution is -1.91. The molecule has 0 heterocycles. The minimum absolute atomic E-state index is 0.878. The number of anilines is 1. The summed E-state index contributed by atoms with van der Waals surface area (Å²) in [6, 6.07) is 6.05. The summed E-state index contributed by atoms with van der Waals surface area (Å²) in [5.74, 6) is 1.08. The van der Waals surface area contributed by atoms with E-state index in [1.54, 1.807) is 0 Å². The van der Waals surface area contributed by atoms with Gasteiger partial charge in [-0.3, -0.25) is 0 Å². The van der Waals surface area contributed by atoms with Crippen LogP contribution in [0.4, 0.5) is 5.69 Å². The van der Waals surface area contributed by atoms with E-state index in [4.69, 9.17) is 5.73 Å². The lowest BCUT2D eigenvalue weighted by molar-refractivity contribution is 1.23. The molecule has 0 aliphatic rings. The second-order valence-electron chi connectivity index (χ2n) is 2.90. The van der Waals surface area contributed by atoms with Crippen molar-refractivity contribution in [3.8, 4) is 0 Å². The Morgan fingerprint density at radius 3 is 3.00 bits per heavy atom. The van der Waals surface area contributed by atoms with Gasteiger partial charge in [0, 0.05) is 16.3 Å². The largest absolute Gasteiger partial charge is 0.398 e. The average molecular weight is 193 g/mol. The van der Waals surface area contributed by atoms with Crippen LogP contribution in [0.3, 0.4) is 0 Å².